The third-order valence-corrected chi connectivity index (χ3v) is 3.10. The number of nitrogens with one attached hydrogen (secondary N) is 1. The summed E-state index contributed by atoms with van der Waals surface area (Å²) < 4.78 is 4.79. The van der Waals surface area contributed by atoms with Gasteiger partial charge in [-0.2, -0.15) is 0 Å². The second kappa shape index (κ2) is 6.70. The van der Waals surface area contributed by atoms with Crippen LogP contribution in [0.4, 0.5) is 0 Å². The maximum Gasteiger partial charge on any atom is 0.348 e. The molecule has 96 valence electrons. The summed E-state index contributed by atoms with van der Waals surface area (Å²) in [6.07, 6.45) is 1.53. The van der Waals surface area contributed by atoms with Crippen LogP contribution in [-0.2, 0) is 9.53 Å². The summed E-state index contributed by atoms with van der Waals surface area (Å²) in [5, 5.41) is 2.48. The summed E-state index contributed by atoms with van der Waals surface area (Å²) in [5.41, 5.74) is 0. The Hall–Kier alpha value is -1.95. The van der Waals surface area contributed by atoms with Crippen molar-refractivity contribution in [3.63, 3.8) is 0 Å². The maximum atomic E-state index is 11.5. The SMILES string of the molecule is C=CCNC(=O)COC(=O)c1ccc(C(C)=O)s1. The number of carbonyl (C=O) groups excluding carboxylic acids is 3. The smallest absolute Gasteiger partial charge is 0.348 e. The van der Waals surface area contributed by atoms with Gasteiger partial charge in [0.15, 0.2) is 12.4 Å². The van der Waals surface area contributed by atoms with Crippen molar-refractivity contribution in [3.8, 4) is 0 Å². The first-order chi connectivity index (χ1) is 8.54. The minimum absolute atomic E-state index is 0.109. The molecule has 1 aromatic rings. The van der Waals surface area contributed by atoms with Crippen molar-refractivity contribution in [2.24, 2.45) is 0 Å². The zero-order chi connectivity index (χ0) is 13.5. The lowest BCUT2D eigenvalue weighted by Gasteiger charge is -2.03. The number of thiophene rings is 1. The number of ether oxygens (including phenoxy) is 1. The molecule has 0 radical (unpaired) electrons. The molecule has 0 aliphatic carbocycles. The Labute approximate surface area is 108 Å². The van der Waals surface area contributed by atoms with Gasteiger partial charge in [-0.15, -0.1) is 17.9 Å². The lowest BCUT2D eigenvalue weighted by molar-refractivity contribution is -0.124. The van der Waals surface area contributed by atoms with E-state index in [9.17, 15) is 14.4 Å². The number of hydrogen-bond acceptors (Lipinski definition) is 5. The minimum atomic E-state index is -0.610. The Morgan fingerprint density at radius 3 is 2.61 bits per heavy atom. The highest BCUT2D eigenvalue weighted by Crippen LogP contribution is 2.17. The maximum absolute atomic E-state index is 11.5. The Kier molecular flexibility index (Phi) is 5.26. The van der Waals surface area contributed by atoms with Crippen molar-refractivity contribution in [2.45, 2.75) is 6.92 Å². The van der Waals surface area contributed by atoms with Crippen molar-refractivity contribution in [3.05, 3.63) is 34.5 Å². The Morgan fingerprint density at radius 2 is 2.06 bits per heavy atom. The van der Waals surface area contributed by atoms with Gasteiger partial charge in [-0.25, -0.2) is 4.79 Å². The number of rotatable bonds is 6. The topological polar surface area (TPSA) is 72.5 Å². The van der Waals surface area contributed by atoms with Crippen molar-refractivity contribution >= 4 is 29.0 Å². The predicted molar refractivity (Wildman–Crippen MR) is 67.8 cm³/mol. The van der Waals surface area contributed by atoms with Gasteiger partial charge in [0, 0.05) is 6.54 Å². The third kappa shape index (κ3) is 4.14. The van der Waals surface area contributed by atoms with Crippen LogP contribution >= 0.6 is 11.3 Å². The molecule has 0 saturated carbocycles. The van der Waals surface area contributed by atoms with Crippen LogP contribution in [0.1, 0.15) is 26.3 Å². The molecule has 0 spiro atoms. The largest absolute Gasteiger partial charge is 0.451 e. The van der Waals surface area contributed by atoms with E-state index in [1.165, 1.54) is 19.1 Å². The number of hydrogen-bond donors (Lipinski definition) is 1. The lowest BCUT2D eigenvalue weighted by atomic mass is 10.3. The molecular weight excluding hydrogens is 254 g/mol. The van der Waals surface area contributed by atoms with E-state index in [4.69, 9.17) is 4.74 Å². The normalized spacial score (nSPS) is 9.61. The van der Waals surface area contributed by atoms with E-state index >= 15 is 0 Å². The molecule has 1 N–H and O–H groups in total. The highest BCUT2D eigenvalue weighted by molar-refractivity contribution is 7.15. The van der Waals surface area contributed by atoms with E-state index in [1.54, 1.807) is 6.07 Å². The molecular formula is C12H13NO4S. The molecule has 0 fully saturated rings. The zero-order valence-corrected chi connectivity index (χ0v) is 10.7. The summed E-state index contributed by atoms with van der Waals surface area (Å²) in [7, 11) is 0. The van der Waals surface area contributed by atoms with E-state index in [0.29, 0.717) is 16.3 Å². The van der Waals surface area contributed by atoms with E-state index in [0.717, 1.165) is 11.3 Å². The second-order valence-corrected chi connectivity index (χ2v) is 4.47. The van der Waals surface area contributed by atoms with E-state index in [2.05, 4.69) is 11.9 Å². The number of esters is 1. The molecule has 18 heavy (non-hydrogen) atoms. The van der Waals surface area contributed by atoms with Gasteiger partial charge < -0.3 is 10.1 Å². The minimum Gasteiger partial charge on any atom is -0.451 e. The Bertz CT molecular complexity index is 478. The number of carbonyl (C=O) groups is 3. The van der Waals surface area contributed by atoms with Crippen LogP contribution in [0, 0.1) is 0 Å². The third-order valence-electron chi connectivity index (χ3n) is 1.93. The molecule has 1 heterocycles. The molecule has 0 saturated heterocycles. The van der Waals surface area contributed by atoms with Crippen LogP contribution < -0.4 is 5.32 Å². The van der Waals surface area contributed by atoms with Crippen LogP contribution in [-0.4, -0.2) is 30.8 Å². The summed E-state index contributed by atoms with van der Waals surface area (Å²) in [4.78, 5) is 34.5. The van der Waals surface area contributed by atoms with Crippen LogP contribution in [0.3, 0.4) is 0 Å². The van der Waals surface area contributed by atoms with Crippen LogP contribution in [0.5, 0.6) is 0 Å². The molecule has 0 bridgehead atoms. The van der Waals surface area contributed by atoms with Crippen molar-refractivity contribution in [1.82, 2.24) is 5.32 Å². The monoisotopic (exact) mass is 267 g/mol. The van der Waals surface area contributed by atoms with Crippen molar-refractivity contribution in [1.29, 1.82) is 0 Å². The van der Waals surface area contributed by atoms with Gasteiger partial charge in [0.2, 0.25) is 0 Å². The molecule has 0 aliphatic rings. The van der Waals surface area contributed by atoms with Crippen LogP contribution in [0.2, 0.25) is 0 Å². The van der Waals surface area contributed by atoms with Gasteiger partial charge in [-0.3, -0.25) is 9.59 Å². The Morgan fingerprint density at radius 1 is 1.39 bits per heavy atom. The number of Topliss-reactive ketones (excluding diaryl/α,β-unsaturated/α-hetero) is 1. The number of amides is 1. The van der Waals surface area contributed by atoms with Gasteiger partial charge in [-0.05, 0) is 19.1 Å². The highest BCUT2D eigenvalue weighted by atomic mass is 32.1. The highest BCUT2D eigenvalue weighted by Gasteiger charge is 2.13. The van der Waals surface area contributed by atoms with Crippen molar-refractivity contribution < 1.29 is 19.1 Å². The first-order valence-electron chi connectivity index (χ1n) is 5.20. The fraction of sp³-hybridized carbons (Fsp3) is 0.250. The predicted octanol–water partition coefficient (Wildman–Crippen LogP) is 1.41. The van der Waals surface area contributed by atoms with E-state index in [-0.39, 0.29) is 12.4 Å². The molecule has 1 rings (SSSR count). The molecule has 1 aromatic heterocycles. The van der Waals surface area contributed by atoms with E-state index in [1.807, 2.05) is 0 Å². The van der Waals surface area contributed by atoms with Crippen LogP contribution in [0.15, 0.2) is 24.8 Å². The molecule has 0 aromatic carbocycles. The molecule has 6 heteroatoms. The summed E-state index contributed by atoms with van der Waals surface area (Å²) in [6, 6.07) is 3.06. The van der Waals surface area contributed by atoms with Gasteiger partial charge in [0.05, 0.1) is 4.88 Å². The second-order valence-electron chi connectivity index (χ2n) is 3.39. The molecule has 1 amide bonds. The molecule has 0 aliphatic heterocycles. The fourth-order valence-corrected chi connectivity index (χ4v) is 1.87. The fourth-order valence-electron chi connectivity index (χ4n) is 1.08. The molecule has 0 unspecified atom stereocenters. The van der Waals surface area contributed by atoms with Crippen LogP contribution in [0.25, 0.3) is 0 Å². The van der Waals surface area contributed by atoms with E-state index < -0.39 is 11.9 Å². The van der Waals surface area contributed by atoms with Gasteiger partial charge >= 0.3 is 5.97 Å². The summed E-state index contributed by atoms with van der Waals surface area (Å²) >= 11 is 1.05. The molecule has 0 atom stereocenters. The summed E-state index contributed by atoms with van der Waals surface area (Å²) in [5.74, 6) is -1.12. The van der Waals surface area contributed by atoms with Gasteiger partial charge in [0.1, 0.15) is 4.88 Å². The Balaban J connectivity index is 2.47. The average Bonchev–Trinajstić information content (AvgIpc) is 2.83. The summed E-state index contributed by atoms with van der Waals surface area (Å²) in [6.45, 7) is 4.84. The molecule has 5 nitrogen and oxygen atoms in total. The standard InChI is InChI=1S/C12H13NO4S/c1-3-6-13-11(15)7-17-12(16)10-5-4-9(18-10)8(2)14/h3-5H,1,6-7H2,2H3,(H,13,15). The van der Waals surface area contributed by atoms with Gasteiger partial charge in [-0.1, -0.05) is 6.08 Å². The quantitative estimate of drug-likeness (QED) is 0.480. The first-order valence-corrected chi connectivity index (χ1v) is 6.01. The first kappa shape index (κ1) is 14.1. The zero-order valence-electron chi connectivity index (χ0n) is 9.89. The lowest BCUT2D eigenvalue weighted by Crippen LogP contribution is -2.28. The van der Waals surface area contributed by atoms with Crippen molar-refractivity contribution in [2.75, 3.05) is 13.2 Å². The average molecular weight is 267 g/mol. The number of ketones is 1. The van der Waals surface area contributed by atoms with Gasteiger partial charge in [0.25, 0.3) is 5.91 Å².